The highest BCUT2D eigenvalue weighted by atomic mass is 19.1. The molecule has 2 aliphatic rings. The summed E-state index contributed by atoms with van der Waals surface area (Å²) in [5.41, 5.74) is 3.34. The summed E-state index contributed by atoms with van der Waals surface area (Å²) in [5.74, 6) is 0.164. The van der Waals surface area contributed by atoms with Gasteiger partial charge in [-0.2, -0.15) is 0 Å². The Hall–Kier alpha value is -1.42. The number of amides is 1. The highest BCUT2D eigenvalue weighted by molar-refractivity contribution is 5.79. The van der Waals surface area contributed by atoms with Crippen LogP contribution in [0.1, 0.15) is 29.5 Å². The van der Waals surface area contributed by atoms with Crippen LogP contribution in [0.25, 0.3) is 0 Å². The van der Waals surface area contributed by atoms with E-state index in [2.05, 4.69) is 6.07 Å². The van der Waals surface area contributed by atoms with Gasteiger partial charge in [0.15, 0.2) is 0 Å². The van der Waals surface area contributed by atoms with Crippen molar-refractivity contribution in [1.29, 1.82) is 0 Å². The van der Waals surface area contributed by atoms with Crippen molar-refractivity contribution in [1.82, 2.24) is 9.80 Å². The highest BCUT2D eigenvalue weighted by Crippen LogP contribution is 2.52. The molecule has 108 valence electrons. The summed E-state index contributed by atoms with van der Waals surface area (Å²) in [6, 6.07) is 5.89. The number of hydrogen-bond acceptors (Lipinski definition) is 2. The number of fused-ring (bicyclic) bond motifs is 2. The molecular formula is C16H21FN2O. The molecule has 1 aliphatic heterocycles. The number of carbonyl (C=O) groups is 1. The minimum absolute atomic E-state index is 0.157. The number of benzene rings is 1. The van der Waals surface area contributed by atoms with Gasteiger partial charge in [0.05, 0.1) is 6.54 Å². The van der Waals surface area contributed by atoms with E-state index in [0.29, 0.717) is 18.7 Å². The van der Waals surface area contributed by atoms with Crippen LogP contribution in [-0.4, -0.2) is 42.9 Å². The van der Waals surface area contributed by atoms with Gasteiger partial charge in [-0.1, -0.05) is 18.2 Å². The molecule has 3 rings (SSSR count). The summed E-state index contributed by atoms with van der Waals surface area (Å²) in [5, 5.41) is 0. The minimum Gasteiger partial charge on any atom is -0.336 e. The molecule has 0 atom stereocenters. The molecular weight excluding hydrogens is 255 g/mol. The van der Waals surface area contributed by atoms with Gasteiger partial charge in [-0.05, 0) is 43.6 Å². The van der Waals surface area contributed by atoms with Gasteiger partial charge in [-0.25, -0.2) is 4.39 Å². The Morgan fingerprint density at radius 3 is 2.75 bits per heavy atom. The van der Waals surface area contributed by atoms with E-state index in [-0.39, 0.29) is 11.3 Å². The molecule has 0 aromatic heterocycles. The maximum absolute atomic E-state index is 12.8. The molecule has 0 bridgehead atoms. The van der Waals surface area contributed by atoms with Gasteiger partial charge in [0.25, 0.3) is 0 Å². The molecule has 1 spiro atoms. The fraction of sp³-hybridized carbons (Fsp3) is 0.562. The lowest BCUT2D eigenvalue weighted by Crippen LogP contribution is -2.45. The van der Waals surface area contributed by atoms with Gasteiger partial charge in [0.1, 0.15) is 6.67 Å². The van der Waals surface area contributed by atoms with Gasteiger partial charge in [-0.15, -0.1) is 0 Å². The molecule has 0 unspecified atom stereocenters. The molecule has 0 N–H and O–H groups in total. The Labute approximate surface area is 119 Å². The maximum atomic E-state index is 12.8. The quantitative estimate of drug-likeness (QED) is 0.844. The summed E-state index contributed by atoms with van der Waals surface area (Å²) in [6.07, 6.45) is 2.28. The predicted octanol–water partition coefficient (Wildman–Crippen LogP) is 2.09. The highest BCUT2D eigenvalue weighted by Gasteiger charge is 2.49. The van der Waals surface area contributed by atoms with Gasteiger partial charge in [-0.3, -0.25) is 4.79 Å². The monoisotopic (exact) mass is 276 g/mol. The van der Waals surface area contributed by atoms with E-state index in [1.807, 2.05) is 36.0 Å². The second-order valence-electron chi connectivity index (χ2n) is 6.39. The number of hydrogen-bond donors (Lipinski definition) is 0. The summed E-state index contributed by atoms with van der Waals surface area (Å²) in [4.78, 5) is 16.1. The van der Waals surface area contributed by atoms with E-state index in [1.165, 1.54) is 5.56 Å². The van der Waals surface area contributed by atoms with Crippen molar-refractivity contribution in [3.05, 3.63) is 34.9 Å². The lowest BCUT2D eigenvalue weighted by molar-refractivity contribution is -0.133. The molecule has 20 heavy (non-hydrogen) atoms. The zero-order valence-electron chi connectivity index (χ0n) is 12.2. The third kappa shape index (κ3) is 2.33. The fourth-order valence-electron chi connectivity index (χ4n) is 3.22. The van der Waals surface area contributed by atoms with E-state index >= 15 is 0 Å². The normalized spacial score (nSPS) is 19.3. The molecule has 1 aliphatic carbocycles. The molecule has 0 radical (unpaired) electrons. The Morgan fingerprint density at radius 2 is 2.15 bits per heavy atom. The standard InChI is InChI=1S/C16H21FN2O/c1-18(2)10-15(20)19-9-13-7-12(8-17)3-4-14(13)16(11-19)5-6-16/h3-4,7H,5-6,8-11H2,1-2H3. The summed E-state index contributed by atoms with van der Waals surface area (Å²) >= 11 is 0. The lowest BCUT2D eigenvalue weighted by Gasteiger charge is -2.36. The van der Waals surface area contributed by atoms with E-state index in [1.54, 1.807) is 0 Å². The van der Waals surface area contributed by atoms with Gasteiger partial charge >= 0.3 is 0 Å². The molecule has 1 saturated carbocycles. The topological polar surface area (TPSA) is 23.6 Å². The Balaban J connectivity index is 1.88. The lowest BCUT2D eigenvalue weighted by atomic mass is 9.86. The molecule has 3 nitrogen and oxygen atoms in total. The van der Waals surface area contributed by atoms with E-state index < -0.39 is 6.67 Å². The van der Waals surface area contributed by atoms with Crippen LogP contribution in [0.2, 0.25) is 0 Å². The SMILES string of the molecule is CN(C)CC(=O)N1Cc2cc(CF)ccc2C2(CC2)C1. The van der Waals surface area contributed by atoms with Crippen LogP contribution >= 0.6 is 0 Å². The fourth-order valence-corrected chi connectivity index (χ4v) is 3.22. The van der Waals surface area contributed by atoms with Crippen LogP contribution in [0.4, 0.5) is 4.39 Å². The molecule has 4 heteroatoms. The first-order valence-corrected chi connectivity index (χ1v) is 7.15. The number of halogens is 1. The van der Waals surface area contributed by atoms with Crippen LogP contribution in [-0.2, 0) is 23.4 Å². The van der Waals surface area contributed by atoms with Gasteiger partial charge in [0, 0.05) is 18.5 Å². The molecule has 1 amide bonds. The van der Waals surface area contributed by atoms with Crippen LogP contribution < -0.4 is 0 Å². The molecule has 1 fully saturated rings. The zero-order chi connectivity index (χ0) is 14.3. The van der Waals surface area contributed by atoms with Gasteiger partial charge < -0.3 is 9.80 Å². The van der Waals surface area contributed by atoms with Gasteiger partial charge in [0.2, 0.25) is 5.91 Å². The summed E-state index contributed by atoms with van der Waals surface area (Å²) < 4.78 is 12.8. The Bertz CT molecular complexity index is 537. The smallest absolute Gasteiger partial charge is 0.237 e. The van der Waals surface area contributed by atoms with Crippen LogP contribution in [0.3, 0.4) is 0 Å². The van der Waals surface area contributed by atoms with Crippen molar-refractivity contribution < 1.29 is 9.18 Å². The average Bonchev–Trinajstić information content (AvgIpc) is 3.17. The Kier molecular flexibility index (Phi) is 3.28. The van der Waals surface area contributed by atoms with Crippen LogP contribution in [0.5, 0.6) is 0 Å². The van der Waals surface area contributed by atoms with Crippen molar-refractivity contribution >= 4 is 5.91 Å². The number of likely N-dealkylation sites (N-methyl/N-ethyl adjacent to an activating group) is 1. The first-order valence-electron chi connectivity index (χ1n) is 7.15. The predicted molar refractivity (Wildman–Crippen MR) is 76.1 cm³/mol. The van der Waals surface area contributed by atoms with Crippen molar-refractivity contribution in [3.8, 4) is 0 Å². The van der Waals surface area contributed by atoms with Crippen molar-refractivity contribution in [2.24, 2.45) is 0 Å². The molecule has 0 saturated heterocycles. The van der Waals surface area contributed by atoms with E-state index in [0.717, 1.165) is 24.9 Å². The zero-order valence-corrected chi connectivity index (χ0v) is 12.2. The maximum Gasteiger partial charge on any atom is 0.237 e. The summed E-state index contributed by atoms with van der Waals surface area (Å²) in [7, 11) is 3.81. The number of carbonyl (C=O) groups excluding carboxylic acids is 1. The van der Waals surface area contributed by atoms with Crippen molar-refractivity contribution in [2.45, 2.75) is 31.5 Å². The van der Waals surface area contributed by atoms with Crippen LogP contribution in [0.15, 0.2) is 18.2 Å². The average molecular weight is 276 g/mol. The first-order chi connectivity index (χ1) is 9.54. The number of nitrogens with zero attached hydrogens (tertiary/aromatic N) is 2. The summed E-state index contributed by atoms with van der Waals surface area (Å²) in [6.45, 7) is 1.44. The molecule has 1 aromatic carbocycles. The molecule has 1 aromatic rings. The first kappa shape index (κ1) is 13.6. The number of alkyl halides is 1. The minimum atomic E-state index is -0.439. The largest absolute Gasteiger partial charge is 0.336 e. The van der Waals surface area contributed by atoms with E-state index in [4.69, 9.17) is 0 Å². The molecule has 1 heterocycles. The van der Waals surface area contributed by atoms with Crippen molar-refractivity contribution in [3.63, 3.8) is 0 Å². The third-order valence-electron chi connectivity index (χ3n) is 4.41. The van der Waals surface area contributed by atoms with E-state index in [9.17, 15) is 9.18 Å². The second-order valence-corrected chi connectivity index (χ2v) is 6.39. The van der Waals surface area contributed by atoms with Crippen molar-refractivity contribution in [2.75, 3.05) is 27.2 Å². The number of rotatable bonds is 3. The Morgan fingerprint density at radius 1 is 1.40 bits per heavy atom. The second kappa shape index (κ2) is 4.85. The third-order valence-corrected chi connectivity index (χ3v) is 4.41. The van der Waals surface area contributed by atoms with Crippen LogP contribution in [0, 0.1) is 0 Å².